The number of nitrogens with two attached hydrogens (primary N) is 1. The zero-order chi connectivity index (χ0) is 20.0. The molecule has 0 radical (unpaired) electrons. The number of phosphoric acid groups is 1. The van der Waals surface area contributed by atoms with Crippen LogP contribution in [0.1, 0.15) is 6.23 Å². The average Bonchev–Trinajstić information content (AvgIpc) is 3.07. The fourth-order valence-electron chi connectivity index (χ4n) is 2.60. The van der Waals surface area contributed by atoms with Crippen molar-refractivity contribution in [3.63, 3.8) is 0 Å². The molecule has 1 fully saturated rings. The fourth-order valence-corrected chi connectivity index (χ4v) is 3.82. The zero-order valence-corrected chi connectivity index (χ0v) is 15.8. The maximum Gasteiger partial charge on any atom is 0.469 e. The van der Waals surface area contributed by atoms with Crippen molar-refractivity contribution in [2.45, 2.75) is 24.5 Å². The van der Waals surface area contributed by atoms with Crippen molar-refractivity contribution in [1.82, 2.24) is 19.5 Å². The third kappa shape index (κ3) is 4.67. The molecule has 0 aromatic carbocycles. The van der Waals surface area contributed by atoms with Crippen LogP contribution in [-0.4, -0.2) is 69.1 Å². The van der Waals surface area contributed by atoms with Crippen molar-refractivity contribution >= 4 is 43.3 Å². The van der Waals surface area contributed by atoms with Crippen molar-refractivity contribution in [3.05, 3.63) is 12.7 Å². The molecule has 0 bridgehead atoms. The Morgan fingerprint density at radius 3 is 2.63 bits per heavy atom. The number of hydrogen-bond donors (Lipinski definition) is 6. The van der Waals surface area contributed by atoms with Crippen LogP contribution in [0.15, 0.2) is 12.7 Å². The summed E-state index contributed by atoms with van der Waals surface area (Å²) >= 11 is 4.40. The van der Waals surface area contributed by atoms with Crippen LogP contribution in [0, 0.1) is 0 Å². The largest absolute Gasteiger partial charge is 0.469 e. The molecular weight excluding hydrogens is 428 g/mol. The first-order valence-electron chi connectivity index (χ1n) is 7.17. The molecular formula is C10H15N5O9P2S. The van der Waals surface area contributed by atoms with Crippen molar-refractivity contribution in [2.75, 3.05) is 12.3 Å². The van der Waals surface area contributed by atoms with E-state index in [2.05, 4.69) is 31.3 Å². The predicted octanol–water partition coefficient (Wildman–Crippen LogP) is -1.63. The van der Waals surface area contributed by atoms with Crippen molar-refractivity contribution in [1.29, 1.82) is 0 Å². The molecule has 0 aliphatic carbocycles. The number of aliphatic hydroxyl groups is 1. The number of hydrogen-bond acceptors (Lipinski definition) is 10. The van der Waals surface area contributed by atoms with Crippen LogP contribution in [0.2, 0.25) is 0 Å². The summed E-state index contributed by atoms with van der Waals surface area (Å²) in [6.45, 7) is -4.96. The van der Waals surface area contributed by atoms with Gasteiger partial charge in [-0.2, -0.15) is 0 Å². The lowest BCUT2D eigenvalue weighted by Crippen LogP contribution is -2.35. The van der Waals surface area contributed by atoms with Gasteiger partial charge in [-0.1, -0.05) is 0 Å². The van der Waals surface area contributed by atoms with Crippen molar-refractivity contribution < 1.29 is 43.0 Å². The molecule has 0 amide bonds. The van der Waals surface area contributed by atoms with E-state index in [1.807, 2.05) is 0 Å². The minimum absolute atomic E-state index is 0.0848. The summed E-state index contributed by atoms with van der Waals surface area (Å²) in [5.41, 5.74) is 6.13. The highest BCUT2D eigenvalue weighted by Gasteiger charge is 2.48. The van der Waals surface area contributed by atoms with Crippen LogP contribution in [0.3, 0.4) is 0 Å². The van der Waals surface area contributed by atoms with E-state index in [1.54, 1.807) is 0 Å². The fraction of sp³-hybridized carbons (Fsp3) is 0.500. The number of rotatable bonds is 6. The molecule has 17 heteroatoms. The van der Waals surface area contributed by atoms with E-state index >= 15 is 0 Å². The highest BCUT2D eigenvalue weighted by molar-refractivity contribution is 8.06. The van der Waals surface area contributed by atoms with Crippen LogP contribution in [-0.2, 0) is 30.2 Å². The van der Waals surface area contributed by atoms with Gasteiger partial charge in [-0.15, -0.1) is 0 Å². The topological polar surface area (TPSA) is 216 Å². The number of aromatic nitrogens is 4. The molecule has 1 saturated heterocycles. The van der Waals surface area contributed by atoms with Crippen molar-refractivity contribution in [2.24, 2.45) is 0 Å². The molecule has 1 aliphatic rings. The molecule has 150 valence electrons. The molecule has 7 N–H and O–H groups in total. The van der Waals surface area contributed by atoms with E-state index in [0.717, 1.165) is 0 Å². The van der Waals surface area contributed by atoms with E-state index in [4.69, 9.17) is 24.8 Å². The van der Waals surface area contributed by atoms with E-state index < -0.39 is 45.7 Å². The molecule has 0 spiro atoms. The van der Waals surface area contributed by atoms with E-state index in [-0.39, 0.29) is 17.0 Å². The van der Waals surface area contributed by atoms with Crippen LogP contribution in [0.25, 0.3) is 11.2 Å². The maximum atomic E-state index is 10.9. The Balaban J connectivity index is 1.93. The zero-order valence-electron chi connectivity index (χ0n) is 13.2. The number of aliphatic hydroxyl groups excluding tert-OH is 1. The number of fused-ring (bicyclic) bond motifs is 1. The number of phosphoric ester groups is 1. The van der Waals surface area contributed by atoms with Gasteiger partial charge in [-0.25, -0.2) is 19.5 Å². The molecule has 1 aliphatic heterocycles. The van der Waals surface area contributed by atoms with Gasteiger partial charge in [0.2, 0.25) is 0 Å². The molecule has 2 aromatic rings. The minimum atomic E-state index is -4.86. The molecule has 0 saturated carbocycles. The van der Waals surface area contributed by atoms with E-state index in [0.29, 0.717) is 0 Å². The standard InChI is InChI=1S/C10H15N5O9P2S/c11-8-5-9(13-2-12-8)15(3-14-5)10-6(16)7(24-26(20,21)27)4(23-10)1-22-25(17,18)19/h2-4,6-7,10,16H,1H2,(H2,11,12,13)(H2,17,18,19)(H2,20,21,27). The average molecular weight is 443 g/mol. The molecule has 3 rings (SSSR count). The van der Waals surface area contributed by atoms with Gasteiger partial charge in [0.15, 0.2) is 17.7 Å². The quantitative estimate of drug-likeness (QED) is 0.276. The van der Waals surface area contributed by atoms with Crippen LogP contribution in [0.5, 0.6) is 0 Å². The monoisotopic (exact) mass is 443 g/mol. The Bertz CT molecular complexity index is 931. The lowest BCUT2D eigenvalue weighted by atomic mass is 10.1. The third-order valence-corrected chi connectivity index (χ3v) is 4.90. The second-order valence-electron chi connectivity index (χ2n) is 5.49. The van der Waals surface area contributed by atoms with Gasteiger partial charge in [-0.3, -0.25) is 13.6 Å². The van der Waals surface area contributed by atoms with Gasteiger partial charge in [0.1, 0.15) is 30.2 Å². The van der Waals surface area contributed by atoms with E-state index in [1.165, 1.54) is 17.2 Å². The number of nitrogens with zero attached hydrogens (tertiary/aromatic N) is 4. The smallest absolute Gasteiger partial charge is 0.386 e. The first-order chi connectivity index (χ1) is 12.5. The first-order valence-corrected chi connectivity index (χ1v) is 11.3. The maximum absolute atomic E-state index is 10.9. The third-order valence-electron chi connectivity index (χ3n) is 3.64. The molecule has 27 heavy (non-hydrogen) atoms. The minimum Gasteiger partial charge on any atom is -0.386 e. The summed E-state index contributed by atoms with van der Waals surface area (Å²) in [6.07, 6.45) is -3.09. The Kier molecular flexibility index (Phi) is 5.65. The number of imidazole rings is 1. The summed E-state index contributed by atoms with van der Waals surface area (Å²) in [5.74, 6) is 0.0848. The first kappa shape index (κ1) is 20.6. The summed E-state index contributed by atoms with van der Waals surface area (Å²) in [4.78, 5) is 48.3. The van der Waals surface area contributed by atoms with Gasteiger partial charge in [0.25, 0.3) is 0 Å². The molecule has 4 atom stereocenters. The lowest BCUT2D eigenvalue weighted by Gasteiger charge is -2.22. The lowest BCUT2D eigenvalue weighted by molar-refractivity contribution is -0.0499. The van der Waals surface area contributed by atoms with Crippen LogP contribution in [0.4, 0.5) is 5.82 Å². The SMILES string of the molecule is Nc1ncnc2c1ncn2C1OC(COP(=O)(O)O)C(OP(O)(O)=S)C1O. The Labute approximate surface area is 156 Å². The number of nitrogen functional groups attached to an aromatic ring is 1. The summed E-state index contributed by atoms with van der Waals surface area (Å²) in [5, 5.41) is 10.5. The van der Waals surface area contributed by atoms with Gasteiger partial charge in [-0.05, 0) is 11.8 Å². The van der Waals surface area contributed by atoms with Gasteiger partial charge in [0.05, 0.1) is 12.9 Å². The van der Waals surface area contributed by atoms with Crippen LogP contribution < -0.4 is 5.73 Å². The van der Waals surface area contributed by atoms with Crippen molar-refractivity contribution in [3.8, 4) is 0 Å². The Morgan fingerprint density at radius 1 is 1.30 bits per heavy atom. The highest BCUT2D eigenvalue weighted by Crippen LogP contribution is 2.45. The Hall–Kier alpha value is -1.09. The summed E-state index contributed by atoms with van der Waals surface area (Å²) in [7, 11) is -4.86. The van der Waals surface area contributed by atoms with Gasteiger partial charge < -0.3 is 35.2 Å². The summed E-state index contributed by atoms with van der Waals surface area (Å²) < 4.78 is 27.0. The second kappa shape index (κ2) is 7.39. The van der Waals surface area contributed by atoms with E-state index in [9.17, 15) is 19.5 Å². The molecule has 2 aromatic heterocycles. The molecule has 14 nitrogen and oxygen atoms in total. The highest BCUT2D eigenvalue weighted by atomic mass is 32.5. The molecule has 4 unspecified atom stereocenters. The number of ether oxygens (including phenoxy) is 1. The second-order valence-corrected chi connectivity index (χ2v) is 9.34. The van der Waals surface area contributed by atoms with Gasteiger partial charge in [0, 0.05) is 0 Å². The number of anilines is 1. The Morgan fingerprint density at radius 2 is 2.00 bits per heavy atom. The summed E-state index contributed by atoms with van der Waals surface area (Å²) in [6, 6.07) is 0. The predicted molar refractivity (Wildman–Crippen MR) is 91.2 cm³/mol. The van der Waals surface area contributed by atoms with Gasteiger partial charge >= 0.3 is 14.5 Å². The molecule has 3 heterocycles. The van der Waals surface area contributed by atoms with Crippen LogP contribution >= 0.6 is 14.5 Å². The normalized spacial score (nSPS) is 26.7.